The van der Waals surface area contributed by atoms with Gasteiger partial charge in [-0.25, -0.2) is 4.39 Å². The van der Waals surface area contributed by atoms with Crippen molar-refractivity contribution >= 4 is 29.1 Å². The molecule has 2 aromatic rings. The number of nitrogens with one attached hydrogen (secondary N) is 1. The van der Waals surface area contributed by atoms with Gasteiger partial charge >= 0.3 is 0 Å². The molecule has 0 spiro atoms. The van der Waals surface area contributed by atoms with Crippen LogP contribution in [0, 0.1) is 5.82 Å². The molecule has 0 aliphatic carbocycles. The highest BCUT2D eigenvalue weighted by atomic mass is 35.5. The molecule has 8 heteroatoms. The molecule has 0 unspecified atom stereocenters. The monoisotopic (exact) mass is 432 g/mol. The van der Waals surface area contributed by atoms with E-state index in [1.54, 1.807) is 12.1 Å². The highest BCUT2D eigenvalue weighted by molar-refractivity contribution is 6.31. The summed E-state index contributed by atoms with van der Waals surface area (Å²) >= 11 is 6.01. The van der Waals surface area contributed by atoms with E-state index in [4.69, 9.17) is 16.3 Å². The minimum Gasteiger partial charge on any atom is -0.488 e. The molecule has 2 aromatic carbocycles. The molecule has 6 nitrogen and oxygen atoms in total. The molecule has 0 saturated carbocycles. The number of ether oxygens (including phenoxy) is 1. The first-order valence-electron chi connectivity index (χ1n) is 9.89. The molecule has 0 bridgehead atoms. The van der Waals surface area contributed by atoms with E-state index < -0.39 is 18.0 Å². The number of fused-ring (bicyclic) bond motifs is 1. The quantitative estimate of drug-likeness (QED) is 0.778. The fourth-order valence-corrected chi connectivity index (χ4v) is 4.07. The minimum absolute atomic E-state index is 0.0264. The maximum atomic E-state index is 14.0. The van der Waals surface area contributed by atoms with Gasteiger partial charge in [0.15, 0.2) is 0 Å². The number of hydrogen-bond donors (Lipinski definition) is 2. The summed E-state index contributed by atoms with van der Waals surface area (Å²) < 4.78 is 19.9. The molecule has 158 valence electrons. The van der Waals surface area contributed by atoms with Crippen LogP contribution < -0.4 is 10.1 Å². The van der Waals surface area contributed by atoms with Gasteiger partial charge in [-0.2, -0.15) is 0 Å². The van der Waals surface area contributed by atoms with Crippen LogP contribution in [0.4, 0.5) is 10.1 Å². The van der Waals surface area contributed by atoms with Gasteiger partial charge in [0.1, 0.15) is 23.8 Å². The van der Waals surface area contributed by atoms with Crippen LogP contribution in [0.2, 0.25) is 5.02 Å². The average Bonchev–Trinajstić information content (AvgIpc) is 2.72. The zero-order chi connectivity index (χ0) is 21.3. The average molecular weight is 433 g/mol. The number of piperidine rings is 1. The van der Waals surface area contributed by atoms with Gasteiger partial charge in [-0.15, -0.1) is 0 Å². The van der Waals surface area contributed by atoms with Gasteiger partial charge in [-0.1, -0.05) is 23.7 Å². The molecule has 4 rings (SSSR count). The molecular weight excluding hydrogens is 411 g/mol. The molecule has 2 aliphatic heterocycles. The number of amides is 2. The van der Waals surface area contributed by atoms with Gasteiger partial charge in [0.05, 0.1) is 13.0 Å². The van der Waals surface area contributed by atoms with Gasteiger partial charge in [0.2, 0.25) is 11.8 Å². The zero-order valence-electron chi connectivity index (χ0n) is 16.2. The number of halogens is 2. The van der Waals surface area contributed by atoms with E-state index in [1.807, 2.05) is 12.1 Å². The van der Waals surface area contributed by atoms with Crippen molar-refractivity contribution in [1.29, 1.82) is 0 Å². The highest BCUT2D eigenvalue weighted by Gasteiger charge is 2.32. The predicted molar refractivity (Wildman–Crippen MR) is 110 cm³/mol. The summed E-state index contributed by atoms with van der Waals surface area (Å²) in [5.74, 6) is -0.288. The smallest absolute Gasteiger partial charge is 0.227 e. The number of β-amino-alcohol motifs (C(OH)–C–C–N with tert-alkyl or cyclic N) is 1. The van der Waals surface area contributed by atoms with Crippen molar-refractivity contribution in [2.45, 2.75) is 37.9 Å². The van der Waals surface area contributed by atoms with E-state index in [1.165, 1.54) is 17.0 Å². The lowest BCUT2D eigenvalue weighted by Crippen LogP contribution is -2.51. The summed E-state index contributed by atoms with van der Waals surface area (Å²) in [6.07, 6.45) is 0.0655. The van der Waals surface area contributed by atoms with Crippen molar-refractivity contribution in [3.8, 4) is 5.75 Å². The fourth-order valence-electron chi connectivity index (χ4n) is 3.84. The maximum absolute atomic E-state index is 14.0. The number of rotatable bonds is 4. The normalized spacial score (nSPS) is 21.0. The summed E-state index contributed by atoms with van der Waals surface area (Å²) in [7, 11) is 0. The third-order valence-corrected chi connectivity index (χ3v) is 5.88. The molecule has 0 aromatic heterocycles. The summed E-state index contributed by atoms with van der Waals surface area (Å²) in [4.78, 5) is 25.7. The van der Waals surface area contributed by atoms with E-state index >= 15 is 0 Å². The predicted octanol–water partition coefficient (Wildman–Crippen LogP) is 2.95. The molecule has 2 heterocycles. The SMILES string of the molecule is O=C1CCc2ccc(O[C@@H]3CCN(C(=O)Cc4c(F)cccc4Cl)C[C@H]3O)cc2N1. The number of likely N-dealkylation sites (tertiary alicyclic amines) is 1. The van der Waals surface area contributed by atoms with Gasteiger partial charge in [0.25, 0.3) is 0 Å². The molecular formula is C22H22ClFN2O4. The topological polar surface area (TPSA) is 78.9 Å². The third kappa shape index (κ3) is 4.42. The number of aliphatic hydroxyl groups excluding tert-OH is 1. The van der Waals surface area contributed by atoms with E-state index in [9.17, 15) is 19.1 Å². The Kier molecular flexibility index (Phi) is 5.92. The Hall–Kier alpha value is -2.64. The molecule has 30 heavy (non-hydrogen) atoms. The van der Waals surface area contributed by atoms with Crippen LogP contribution in [-0.4, -0.2) is 47.1 Å². The second-order valence-electron chi connectivity index (χ2n) is 7.60. The molecule has 0 radical (unpaired) electrons. The van der Waals surface area contributed by atoms with Crippen molar-refractivity contribution < 1.29 is 23.8 Å². The number of aliphatic hydroxyl groups is 1. The largest absolute Gasteiger partial charge is 0.488 e. The van der Waals surface area contributed by atoms with Gasteiger partial charge in [0, 0.05) is 41.7 Å². The Labute approximate surface area is 178 Å². The molecule has 2 atom stereocenters. The first-order chi connectivity index (χ1) is 14.4. The minimum atomic E-state index is -0.885. The Bertz CT molecular complexity index is 963. The lowest BCUT2D eigenvalue weighted by molar-refractivity contribution is -0.136. The lowest BCUT2D eigenvalue weighted by atomic mass is 10.0. The van der Waals surface area contributed by atoms with Crippen LogP contribution in [-0.2, 0) is 22.4 Å². The number of carbonyl (C=O) groups excluding carboxylic acids is 2. The van der Waals surface area contributed by atoms with E-state index in [-0.39, 0.29) is 35.4 Å². The number of anilines is 1. The Balaban J connectivity index is 1.37. The standard InChI is InChI=1S/C22H22ClFN2O4/c23-16-2-1-3-17(24)15(16)11-22(29)26-9-8-20(19(27)12-26)30-14-6-4-13-5-7-21(28)25-18(13)10-14/h1-4,6,10,19-20,27H,5,7-9,11-12H2,(H,25,28)/t19-,20-/m1/s1. The fraction of sp³-hybridized carbons (Fsp3) is 0.364. The van der Waals surface area contributed by atoms with Crippen LogP contribution >= 0.6 is 11.6 Å². The van der Waals surface area contributed by atoms with Gasteiger partial charge < -0.3 is 20.1 Å². The molecule has 1 fully saturated rings. The second-order valence-corrected chi connectivity index (χ2v) is 8.00. The Morgan fingerprint density at radius 2 is 2.13 bits per heavy atom. The number of nitrogens with zero attached hydrogens (tertiary/aromatic N) is 1. The Morgan fingerprint density at radius 1 is 1.30 bits per heavy atom. The van der Waals surface area contributed by atoms with Crippen LogP contribution in [0.15, 0.2) is 36.4 Å². The van der Waals surface area contributed by atoms with E-state index in [0.717, 1.165) is 11.3 Å². The third-order valence-electron chi connectivity index (χ3n) is 5.53. The zero-order valence-corrected chi connectivity index (χ0v) is 17.0. The number of aryl methyl sites for hydroxylation is 1. The van der Waals surface area contributed by atoms with Crippen LogP contribution in [0.25, 0.3) is 0 Å². The van der Waals surface area contributed by atoms with Crippen molar-refractivity contribution in [2.24, 2.45) is 0 Å². The number of carbonyl (C=O) groups is 2. The summed E-state index contributed by atoms with van der Waals surface area (Å²) in [6.45, 7) is 0.478. The number of benzene rings is 2. The van der Waals surface area contributed by atoms with Crippen LogP contribution in [0.3, 0.4) is 0 Å². The first kappa shape index (κ1) is 20.6. The Morgan fingerprint density at radius 3 is 2.90 bits per heavy atom. The van der Waals surface area contributed by atoms with E-state index in [2.05, 4.69) is 5.32 Å². The van der Waals surface area contributed by atoms with Crippen molar-refractivity contribution in [3.05, 3.63) is 58.4 Å². The lowest BCUT2D eigenvalue weighted by Gasteiger charge is -2.36. The molecule has 1 saturated heterocycles. The summed E-state index contributed by atoms with van der Waals surface area (Å²) in [5.41, 5.74) is 1.94. The summed E-state index contributed by atoms with van der Waals surface area (Å²) in [5, 5.41) is 13.6. The summed E-state index contributed by atoms with van der Waals surface area (Å²) in [6, 6.07) is 9.79. The molecule has 2 aliphatic rings. The maximum Gasteiger partial charge on any atom is 0.227 e. The highest BCUT2D eigenvalue weighted by Crippen LogP contribution is 2.29. The second kappa shape index (κ2) is 8.62. The van der Waals surface area contributed by atoms with Crippen LogP contribution in [0.5, 0.6) is 5.75 Å². The van der Waals surface area contributed by atoms with Crippen LogP contribution in [0.1, 0.15) is 24.0 Å². The van der Waals surface area contributed by atoms with E-state index in [0.29, 0.717) is 31.6 Å². The van der Waals surface area contributed by atoms with Crippen molar-refractivity contribution in [1.82, 2.24) is 4.90 Å². The van der Waals surface area contributed by atoms with Crippen molar-refractivity contribution in [3.63, 3.8) is 0 Å². The van der Waals surface area contributed by atoms with Gasteiger partial charge in [-0.3, -0.25) is 9.59 Å². The van der Waals surface area contributed by atoms with Gasteiger partial charge in [-0.05, 0) is 30.2 Å². The molecule has 2 amide bonds. The first-order valence-corrected chi connectivity index (χ1v) is 10.3. The van der Waals surface area contributed by atoms with Crippen molar-refractivity contribution in [2.75, 3.05) is 18.4 Å². The molecule has 2 N–H and O–H groups in total. The number of hydrogen-bond acceptors (Lipinski definition) is 4.